The van der Waals surface area contributed by atoms with Gasteiger partial charge in [0, 0.05) is 19.7 Å². The minimum Gasteiger partial charge on any atom is -0.373 e. The molecule has 1 aromatic rings. The van der Waals surface area contributed by atoms with Gasteiger partial charge >= 0.3 is 0 Å². The number of anilines is 3. The van der Waals surface area contributed by atoms with E-state index >= 15 is 0 Å². The predicted molar refractivity (Wildman–Crippen MR) is 67.7 cm³/mol. The van der Waals surface area contributed by atoms with Gasteiger partial charge in [0.1, 0.15) is 11.6 Å². The second-order valence-corrected chi connectivity index (χ2v) is 3.83. The highest BCUT2D eigenvalue weighted by Crippen LogP contribution is 2.11. The molecule has 6 heteroatoms. The van der Waals surface area contributed by atoms with Crippen LogP contribution < -0.4 is 16.4 Å². The molecule has 0 atom stereocenters. The van der Waals surface area contributed by atoms with E-state index in [0.29, 0.717) is 0 Å². The first-order chi connectivity index (χ1) is 7.61. The van der Waals surface area contributed by atoms with Crippen molar-refractivity contribution in [3.05, 3.63) is 6.07 Å². The van der Waals surface area contributed by atoms with Gasteiger partial charge < -0.3 is 21.3 Å². The number of aromatic nitrogens is 2. The average Bonchev–Trinajstić information content (AvgIpc) is 2.23. The molecule has 0 spiro atoms. The van der Waals surface area contributed by atoms with Gasteiger partial charge in [-0.05, 0) is 27.1 Å². The first-order valence-electron chi connectivity index (χ1n) is 5.32. The van der Waals surface area contributed by atoms with E-state index < -0.39 is 0 Å². The summed E-state index contributed by atoms with van der Waals surface area (Å²) in [5.41, 5.74) is 5.58. The fraction of sp³-hybridized carbons (Fsp3) is 0.600. The summed E-state index contributed by atoms with van der Waals surface area (Å²) in [7, 11) is 5.92. The second kappa shape index (κ2) is 6.12. The van der Waals surface area contributed by atoms with Crippen LogP contribution in [0.3, 0.4) is 0 Å². The van der Waals surface area contributed by atoms with Gasteiger partial charge in [0.2, 0.25) is 5.95 Å². The molecule has 0 amide bonds. The first kappa shape index (κ1) is 12.5. The topological polar surface area (TPSA) is 79.1 Å². The third kappa shape index (κ3) is 4.31. The Balaban J connectivity index is 2.44. The lowest BCUT2D eigenvalue weighted by Gasteiger charge is -2.11. The van der Waals surface area contributed by atoms with Crippen LogP contribution in [-0.2, 0) is 0 Å². The normalized spacial score (nSPS) is 10.5. The number of hydrogen-bond acceptors (Lipinski definition) is 6. The van der Waals surface area contributed by atoms with Crippen LogP contribution in [0.25, 0.3) is 0 Å². The Kier molecular flexibility index (Phi) is 4.78. The third-order valence-electron chi connectivity index (χ3n) is 2.09. The Morgan fingerprint density at radius 1 is 1.31 bits per heavy atom. The van der Waals surface area contributed by atoms with Crippen LogP contribution in [0.1, 0.15) is 6.42 Å². The van der Waals surface area contributed by atoms with Crippen LogP contribution in [0.2, 0.25) is 0 Å². The van der Waals surface area contributed by atoms with E-state index in [9.17, 15) is 0 Å². The molecule has 1 rings (SSSR count). The monoisotopic (exact) mass is 224 g/mol. The molecule has 0 saturated heterocycles. The fourth-order valence-corrected chi connectivity index (χ4v) is 1.30. The van der Waals surface area contributed by atoms with Crippen molar-refractivity contribution in [1.82, 2.24) is 14.9 Å². The molecule has 1 heterocycles. The maximum atomic E-state index is 5.58. The van der Waals surface area contributed by atoms with E-state index in [0.717, 1.165) is 31.1 Å². The zero-order chi connectivity index (χ0) is 12.0. The van der Waals surface area contributed by atoms with Crippen molar-refractivity contribution in [2.45, 2.75) is 6.42 Å². The Bertz CT molecular complexity index is 325. The first-order valence-corrected chi connectivity index (χ1v) is 5.32. The lowest BCUT2D eigenvalue weighted by atomic mass is 10.4. The number of hydrogen-bond donors (Lipinski definition) is 3. The molecule has 0 saturated carbocycles. The van der Waals surface area contributed by atoms with Crippen molar-refractivity contribution in [3.8, 4) is 0 Å². The minimum absolute atomic E-state index is 0.280. The summed E-state index contributed by atoms with van der Waals surface area (Å²) in [5, 5.41) is 6.16. The summed E-state index contributed by atoms with van der Waals surface area (Å²) in [6.07, 6.45) is 1.06. The van der Waals surface area contributed by atoms with Crippen LogP contribution >= 0.6 is 0 Å². The molecule has 0 fully saturated rings. The lowest BCUT2D eigenvalue weighted by molar-refractivity contribution is 0.405. The van der Waals surface area contributed by atoms with E-state index in [1.54, 1.807) is 7.05 Å². The van der Waals surface area contributed by atoms with Gasteiger partial charge in [-0.25, -0.2) is 0 Å². The van der Waals surface area contributed by atoms with Crippen LogP contribution in [-0.4, -0.2) is 49.1 Å². The molecule has 1 aromatic heterocycles. The highest BCUT2D eigenvalue weighted by Gasteiger charge is 2.00. The molecule has 90 valence electrons. The summed E-state index contributed by atoms with van der Waals surface area (Å²) >= 11 is 0. The SMILES string of the molecule is CNc1cc(NCCCN(C)C)nc(N)n1. The fourth-order valence-electron chi connectivity index (χ4n) is 1.30. The molecule has 0 aliphatic rings. The number of nitrogens with zero attached hydrogens (tertiary/aromatic N) is 3. The van der Waals surface area contributed by atoms with Gasteiger partial charge in [0.05, 0.1) is 0 Å². The van der Waals surface area contributed by atoms with Gasteiger partial charge in [-0.15, -0.1) is 0 Å². The van der Waals surface area contributed by atoms with E-state index in [4.69, 9.17) is 5.73 Å². The van der Waals surface area contributed by atoms with Crippen molar-refractivity contribution < 1.29 is 0 Å². The maximum Gasteiger partial charge on any atom is 0.223 e. The Labute approximate surface area is 96.3 Å². The smallest absolute Gasteiger partial charge is 0.223 e. The van der Waals surface area contributed by atoms with E-state index in [1.165, 1.54) is 0 Å². The molecule has 0 aromatic carbocycles. The second-order valence-electron chi connectivity index (χ2n) is 3.83. The Hall–Kier alpha value is -1.56. The molecule has 0 radical (unpaired) electrons. The molecule has 16 heavy (non-hydrogen) atoms. The number of nitrogens with one attached hydrogen (secondary N) is 2. The maximum absolute atomic E-state index is 5.58. The number of rotatable bonds is 6. The number of nitrogen functional groups attached to an aromatic ring is 1. The van der Waals surface area contributed by atoms with Gasteiger partial charge in [0.15, 0.2) is 0 Å². The van der Waals surface area contributed by atoms with Gasteiger partial charge in [-0.1, -0.05) is 0 Å². The van der Waals surface area contributed by atoms with Crippen LogP contribution in [0, 0.1) is 0 Å². The standard InChI is InChI=1S/C10H20N6/c1-12-8-7-9(15-10(11)14-8)13-5-4-6-16(2)3/h7H,4-6H2,1-3H3,(H4,11,12,13,14,15). The van der Waals surface area contributed by atoms with E-state index in [-0.39, 0.29) is 5.95 Å². The van der Waals surface area contributed by atoms with Crippen molar-refractivity contribution in [1.29, 1.82) is 0 Å². The van der Waals surface area contributed by atoms with Crippen molar-refractivity contribution in [3.63, 3.8) is 0 Å². The molecule has 0 unspecified atom stereocenters. The largest absolute Gasteiger partial charge is 0.373 e. The Morgan fingerprint density at radius 2 is 2.00 bits per heavy atom. The molecule has 0 aliphatic carbocycles. The quantitative estimate of drug-likeness (QED) is 0.609. The van der Waals surface area contributed by atoms with E-state index in [2.05, 4.69) is 39.6 Å². The average molecular weight is 224 g/mol. The molecular formula is C10H20N6. The van der Waals surface area contributed by atoms with Crippen molar-refractivity contribution in [2.24, 2.45) is 0 Å². The third-order valence-corrected chi connectivity index (χ3v) is 2.09. The highest BCUT2D eigenvalue weighted by molar-refractivity contribution is 5.50. The molecule has 0 aliphatic heterocycles. The summed E-state index contributed by atoms with van der Waals surface area (Å²) in [6.45, 7) is 1.92. The minimum atomic E-state index is 0.280. The van der Waals surface area contributed by atoms with Crippen LogP contribution in [0.15, 0.2) is 6.07 Å². The van der Waals surface area contributed by atoms with E-state index in [1.807, 2.05) is 6.07 Å². The van der Waals surface area contributed by atoms with Gasteiger partial charge in [0.25, 0.3) is 0 Å². The number of nitrogens with two attached hydrogens (primary N) is 1. The van der Waals surface area contributed by atoms with Crippen molar-refractivity contribution >= 4 is 17.6 Å². The molecule has 0 bridgehead atoms. The molecule has 6 nitrogen and oxygen atoms in total. The van der Waals surface area contributed by atoms with Crippen LogP contribution in [0.4, 0.5) is 17.6 Å². The summed E-state index contributed by atoms with van der Waals surface area (Å²) in [4.78, 5) is 10.3. The summed E-state index contributed by atoms with van der Waals surface area (Å²) in [6, 6.07) is 1.84. The zero-order valence-corrected chi connectivity index (χ0v) is 10.1. The van der Waals surface area contributed by atoms with Crippen molar-refractivity contribution in [2.75, 3.05) is 50.6 Å². The Morgan fingerprint density at radius 3 is 2.62 bits per heavy atom. The highest BCUT2D eigenvalue weighted by atomic mass is 15.1. The van der Waals surface area contributed by atoms with Gasteiger partial charge in [-0.2, -0.15) is 9.97 Å². The molecular weight excluding hydrogens is 204 g/mol. The van der Waals surface area contributed by atoms with Gasteiger partial charge in [-0.3, -0.25) is 0 Å². The predicted octanol–water partition coefficient (Wildman–Crippen LogP) is 0.464. The lowest BCUT2D eigenvalue weighted by Crippen LogP contribution is -2.17. The van der Waals surface area contributed by atoms with Crippen LogP contribution in [0.5, 0.6) is 0 Å². The summed E-state index contributed by atoms with van der Waals surface area (Å²) < 4.78 is 0. The zero-order valence-electron chi connectivity index (χ0n) is 10.1. The summed E-state index contributed by atoms with van der Waals surface area (Å²) in [5.74, 6) is 1.76. The molecule has 4 N–H and O–H groups in total.